The second-order valence-corrected chi connectivity index (χ2v) is 3.70. The van der Waals surface area contributed by atoms with E-state index in [1.165, 1.54) is 36.1 Å². The predicted octanol–water partition coefficient (Wildman–Crippen LogP) is 0.0871. The van der Waals surface area contributed by atoms with Crippen molar-refractivity contribution in [2.45, 2.75) is 13.0 Å². The maximum atomic E-state index is 13.5. The second-order valence-electron chi connectivity index (χ2n) is 3.70. The number of halogens is 1. The van der Waals surface area contributed by atoms with Gasteiger partial charge in [-0.25, -0.2) is 9.07 Å². The number of rotatable bonds is 3. The van der Waals surface area contributed by atoms with Gasteiger partial charge in [0.2, 0.25) is 5.91 Å². The summed E-state index contributed by atoms with van der Waals surface area (Å²) in [6.45, 7) is 1.51. The van der Waals surface area contributed by atoms with Crippen molar-refractivity contribution in [1.82, 2.24) is 20.2 Å². The highest BCUT2D eigenvalue weighted by Gasteiger charge is 2.12. The first-order valence-corrected chi connectivity index (χ1v) is 5.17. The molecule has 18 heavy (non-hydrogen) atoms. The van der Waals surface area contributed by atoms with Gasteiger partial charge in [0.05, 0.1) is 17.4 Å². The topological polar surface area (TPSA) is 98.7 Å². The predicted molar refractivity (Wildman–Crippen MR) is 61.4 cm³/mol. The fourth-order valence-electron chi connectivity index (χ4n) is 1.28. The molecule has 1 aromatic carbocycles. The molecule has 0 fully saturated rings. The molecular formula is C10H11FN6O. The molecule has 0 saturated carbocycles. The van der Waals surface area contributed by atoms with Gasteiger partial charge in [0, 0.05) is 0 Å². The van der Waals surface area contributed by atoms with Gasteiger partial charge in [0.1, 0.15) is 12.1 Å². The zero-order chi connectivity index (χ0) is 13.1. The molecule has 0 bridgehead atoms. The van der Waals surface area contributed by atoms with Crippen LogP contribution in [0.15, 0.2) is 24.5 Å². The minimum atomic E-state index is -0.721. The van der Waals surface area contributed by atoms with Crippen molar-refractivity contribution >= 4 is 11.6 Å². The summed E-state index contributed by atoms with van der Waals surface area (Å²) in [5, 5.41) is 13.0. The van der Waals surface area contributed by atoms with Gasteiger partial charge in [0.25, 0.3) is 0 Å². The van der Waals surface area contributed by atoms with E-state index < -0.39 is 17.8 Å². The number of anilines is 1. The average Bonchev–Trinajstić information content (AvgIpc) is 2.85. The van der Waals surface area contributed by atoms with Crippen LogP contribution in [0, 0.1) is 5.82 Å². The molecule has 1 aromatic heterocycles. The zero-order valence-electron chi connectivity index (χ0n) is 9.54. The van der Waals surface area contributed by atoms with Crippen LogP contribution in [-0.4, -0.2) is 32.2 Å². The van der Waals surface area contributed by atoms with Gasteiger partial charge in [-0.2, -0.15) is 0 Å². The third-order valence-corrected chi connectivity index (χ3v) is 2.23. The van der Waals surface area contributed by atoms with Crippen molar-refractivity contribution in [1.29, 1.82) is 0 Å². The van der Waals surface area contributed by atoms with Crippen LogP contribution in [0.4, 0.5) is 10.1 Å². The fourth-order valence-corrected chi connectivity index (χ4v) is 1.28. The highest BCUT2D eigenvalue weighted by atomic mass is 19.1. The molecule has 2 aromatic rings. The zero-order valence-corrected chi connectivity index (χ0v) is 9.54. The van der Waals surface area contributed by atoms with Crippen molar-refractivity contribution in [3.8, 4) is 5.69 Å². The quantitative estimate of drug-likeness (QED) is 0.804. The van der Waals surface area contributed by atoms with Gasteiger partial charge in [-0.1, -0.05) is 0 Å². The summed E-state index contributed by atoms with van der Waals surface area (Å²) in [7, 11) is 0. The normalized spacial score (nSPS) is 12.2. The van der Waals surface area contributed by atoms with Gasteiger partial charge in [-0.3, -0.25) is 4.79 Å². The van der Waals surface area contributed by atoms with Crippen LogP contribution in [0.2, 0.25) is 0 Å². The van der Waals surface area contributed by atoms with E-state index in [9.17, 15) is 9.18 Å². The molecule has 1 amide bonds. The van der Waals surface area contributed by atoms with E-state index >= 15 is 0 Å². The lowest BCUT2D eigenvalue weighted by atomic mass is 10.2. The Balaban J connectivity index is 2.30. The van der Waals surface area contributed by atoms with E-state index in [0.717, 1.165) is 0 Å². The molecule has 0 aliphatic carbocycles. The summed E-state index contributed by atoms with van der Waals surface area (Å²) in [6.07, 6.45) is 1.37. The van der Waals surface area contributed by atoms with Crippen molar-refractivity contribution in [2.24, 2.45) is 5.73 Å². The Kier molecular flexibility index (Phi) is 3.28. The van der Waals surface area contributed by atoms with E-state index in [0.29, 0.717) is 5.69 Å². The molecule has 1 unspecified atom stereocenters. The molecule has 1 atom stereocenters. The number of nitrogens with one attached hydrogen (secondary N) is 1. The summed E-state index contributed by atoms with van der Waals surface area (Å²) >= 11 is 0. The number of benzene rings is 1. The highest BCUT2D eigenvalue weighted by Crippen LogP contribution is 2.18. The number of hydrogen-bond acceptors (Lipinski definition) is 5. The van der Waals surface area contributed by atoms with Crippen molar-refractivity contribution in [3.63, 3.8) is 0 Å². The van der Waals surface area contributed by atoms with Crippen molar-refractivity contribution in [2.75, 3.05) is 5.32 Å². The molecule has 7 nitrogen and oxygen atoms in total. The minimum absolute atomic E-state index is 0.0327. The number of carbonyl (C=O) groups excluding carboxylic acids is 1. The maximum absolute atomic E-state index is 13.5. The summed E-state index contributed by atoms with van der Waals surface area (Å²) in [5.74, 6) is -1.02. The SMILES string of the molecule is CC(N)C(=O)Nc1cc(-n2cnnn2)ccc1F. The first kappa shape index (κ1) is 12.1. The molecule has 0 saturated heterocycles. The Morgan fingerprint density at radius 1 is 1.56 bits per heavy atom. The summed E-state index contributed by atoms with van der Waals surface area (Å²) in [6, 6.07) is 3.41. The standard InChI is InChI=1S/C10H11FN6O/c1-6(12)10(18)14-9-4-7(2-3-8(9)11)17-5-13-15-16-17/h2-6H,12H2,1H3,(H,14,18). The number of tetrazole rings is 1. The summed E-state index contributed by atoms with van der Waals surface area (Å²) in [4.78, 5) is 11.4. The van der Waals surface area contributed by atoms with Crippen LogP contribution in [0.5, 0.6) is 0 Å². The summed E-state index contributed by atoms with van der Waals surface area (Å²) < 4.78 is 14.9. The van der Waals surface area contributed by atoms with Crippen LogP contribution in [0.1, 0.15) is 6.92 Å². The van der Waals surface area contributed by atoms with Crippen LogP contribution < -0.4 is 11.1 Å². The van der Waals surface area contributed by atoms with Gasteiger partial charge < -0.3 is 11.1 Å². The van der Waals surface area contributed by atoms with Gasteiger partial charge in [-0.15, -0.1) is 5.10 Å². The minimum Gasteiger partial charge on any atom is -0.322 e. The number of nitrogens with two attached hydrogens (primary N) is 1. The van der Waals surface area contributed by atoms with Gasteiger partial charge >= 0.3 is 0 Å². The molecule has 3 N–H and O–H groups in total. The first-order chi connectivity index (χ1) is 8.58. The molecular weight excluding hydrogens is 239 g/mol. The Morgan fingerprint density at radius 3 is 2.94 bits per heavy atom. The van der Waals surface area contributed by atoms with Crippen LogP contribution in [0.3, 0.4) is 0 Å². The number of nitrogens with zero attached hydrogens (tertiary/aromatic N) is 4. The highest BCUT2D eigenvalue weighted by molar-refractivity contribution is 5.94. The van der Waals surface area contributed by atoms with Crippen LogP contribution in [0.25, 0.3) is 5.69 Å². The largest absolute Gasteiger partial charge is 0.322 e. The average molecular weight is 250 g/mol. The number of amides is 1. The Bertz CT molecular complexity index is 554. The van der Waals surface area contributed by atoms with Crippen molar-refractivity contribution < 1.29 is 9.18 Å². The van der Waals surface area contributed by atoms with Crippen LogP contribution >= 0.6 is 0 Å². The maximum Gasteiger partial charge on any atom is 0.241 e. The number of carbonyl (C=O) groups is 1. The van der Waals surface area contributed by atoms with Crippen molar-refractivity contribution in [3.05, 3.63) is 30.3 Å². The van der Waals surface area contributed by atoms with E-state index in [1.807, 2.05) is 0 Å². The van der Waals surface area contributed by atoms with Gasteiger partial charge in [-0.05, 0) is 35.5 Å². The lowest BCUT2D eigenvalue weighted by molar-refractivity contribution is -0.117. The molecule has 0 aliphatic rings. The van der Waals surface area contributed by atoms with E-state index in [2.05, 4.69) is 20.8 Å². The lowest BCUT2D eigenvalue weighted by Gasteiger charge is -2.10. The second kappa shape index (κ2) is 4.88. The molecule has 2 rings (SSSR count). The number of hydrogen-bond donors (Lipinski definition) is 2. The molecule has 0 radical (unpaired) electrons. The molecule has 0 aliphatic heterocycles. The molecule has 1 heterocycles. The molecule has 0 spiro atoms. The molecule has 8 heteroatoms. The monoisotopic (exact) mass is 250 g/mol. The Morgan fingerprint density at radius 2 is 2.33 bits per heavy atom. The first-order valence-electron chi connectivity index (χ1n) is 5.17. The van der Waals surface area contributed by atoms with Gasteiger partial charge in [0.15, 0.2) is 0 Å². The third-order valence-electron chi connectivity index (χ3n) is 2.23. The molecule has 94 valence electrons. The third kappa shape index (κ3) is 2.48. The fraction of sp³-hybridized carbons (Fsp3) is 0.200. The Hall–Kier alpha value is -2.35. The summed E-state index contributed by atoms with van der Waals surface area (Å²) in [5.41, 5.74) is 5.96. The van der Waals surface area contributed by atoms with E-state index in [4.69, 9.17) is 5.73 Å². The smallest absolute Gasteiger partial charge is 0.241 e. The van der Waals surface area contributed by atoms with Crippen LogP contribution in [-0.2, 0) is 4.79 Å². The Labute approximate surface area is 102 Å². The van der Waals surface area contributed by atoms with E-state index in [1.54, 1.807) is 0 Å². The van der Waals surface area contributed by atoms with E-state index in [-0.39, 0.29) is 5.69 Å². The number of aromatic nitrogens is 4. The lowest BCUT2D eigenvalue weighted by Crippen LogP contribution is -2.32.